The standard InChI is InChI=1S/C19H24IN7OS/c1-25-5-7-26(8-6-25)9-10-27-18-16(17(21)22-12-23-18)24-19(27)29-15-11-13(28-2)3-4-14(15)20/h3-4,11-12H,5-10H2,1-2H3,(H2,21,22,23). The lowest BCUT2D eigenvalue weighted by Gasteiger charge is -2.32. The Morgan fingerprint density at radius 2 is 1.97 bits per heavy atom. The van der Waals surface area contributed by atoms with Crippen molar-refractivity contribution in [2.24, 2.45) is 0 Å². The molecule has 0 unspecified atom stereocenters. The van der Waals surface area contributed by atoms with E-state index in [9.17, 15) is 0 Å². The molecule has 2 aromatic heterocycles. The lowest BCUT2D eigenvalue weighted by atomic mass is 10.3. The normalized spacial score (nSPS) is 15.8. The highest BCUT2D eigenvalue weighted by Crippen LogP contribution is 2.35. The molecule has 1 saturated heterocycles. The second-order valence-corrected chi connectivity index (χ2v) is 9.19. The third-order valence-corrected chi connectivity index (χ3v) is 7.46. The van der Waals surface area contributed by atoms with Crippen LogP contribution in [0.1, 0.15) is 0 Å². The van der Waals surface area contributed by atoms with Crippen LogP contribution in [0.3, 0.4) is 0 Å². The second-order valence-electron chi connectivity index (χ2n) is 7.02. The lowest BCUT2D eigenvalue weighted by Crippen LogP contribution is -2.45. The number of anilines is 1. The molecule has 3 heterocycles. The minimum Gasteiger partial charge on any atom is -0.497 e. The zero-order valence-corrected chi connectivity index (χ0v) is 19.5. The first kappa shape index (κ1) is 20.6. The van der Waals surface area contributed by atoms with Gasteiger partial charge >= 0.3 is 0 Å². The highest BCUT2D eigenvalue weighted by atomic mass is 127. The maximum Gasteiger partial charge on any atom is 0.175 e. The molecule has 29 heavy (non-hydrogen) atoms. The molecule has 1 aromatic carbocycles. The molecule has 1 aliphatic heterocycles. The minimum absolute atomic E-state index is 0.413. The number of imidazole rings is 1. The number of rotatable bonds is 6. The number of nitrogens with two attached hydrogens (primary N) is 1. The average molecular weight is 525 g/mol. The third kappa shape index (κ3) is 4.60. The molecule has 8 nitrogen and oxygen atoms in total. The summed E-state index contributed by atoms with van der Waals surface area (Å²) < 4.78 is 8.70. The fraction of sp³-hybridized carbons (Fsp3) is 0.421. The van der Waals surface area contributed by atoms with Gasteiger partial charge in [0.15, 0.2) is 22.1 Å². The predicted octanol–water partition coefficient (Wildman–Crippen LogP) is 2.42. The second kappa shape index (κ2) is 9.02. The predicted molar refractivity (Wildman–Crippen MR) is 124 cm³/mol. The quantitative estimate of drug-likeness (QED) is 0.492. The fourth-order valence-electron chi connectivity index (χ4n) is 3.31. The molecule has 0 saturated carbocycles. The van der Waals surface area contributed by atoms with E-state index in [1.165, 1.54) is 6.33 Å². The highest BCUT2D eigenvalue weighted by molar-refractivity contribution is 14.1. The van der Waals surface area contributed by atoms with Gasteiger partial charge in [-0.05, 0) is 47.8 Å². The van der Waals surface area contributed by atoms with Crippen LogP contribution in [0.2, 0.25) is 0 Å². The molecule has 0 radical (unpaired) electrons. The van der Waals surface area contributed by atoms with Gasteiger partial charge in [0, 0.05) is 47.7 Å². The maximum atomic E-state index is 6.09. The van der Waals surface area contributed by atoms with Crippen LogP contribution in [-0.4, -0.2) is 76.2 Å². The monoisotopic (exact) mass is 525 g/mol. The summed E-state index contributed by atoms with van der Waals surface area (Å²) >= 11 is 3.94. The molecule has 1 aliphatic rings. The van der Waals surface area contributed by atoms with E-state index in [0.29, 0.717) is 11.3 Å². The summed E-state index contributed by atoms with van der Waals surface area (Å²) in [7, 11) is 3.85. The maximum absolute atomic E-state index is 6.09. The Morgan fingerprint density at radius 3 is 2.72 bits per heavy atom. The van der Waals surface area contributed by atoms with Gasteiger partial charge in [0.05, 0.1) is 7.11 Å². The van der Waals surface area contributed by atoms with Crippen molar-refractivity contribution < 1.29 is 4.74 Å². The number of halogens is 1. The van der Waals surface area contributed by atoms with Gasteiger partial charge in [-0.3, -0.25) is 4.90 Å². The summed E-state index contributed by atoms with van der Waals surface area (Å²) in [5.74, 6) is 1.24. The van der Waals surface area contributed by atoms with Crippen LogP contribution in [0.4, 0.5) is 5.82 Å². The van der Waals surface area contributed by atoms with Gasteiger partial charge in [-0.25, -0.2) is 15.0 Å². The molecular weight excluding hydrogens is 501 g/mol. The molecule has 0 atom stereocenters. The molecule has 10 heteroatoms. The van der Waals surface area contributed by atoms with Crippen molar-refractivity contribution in [3.63, 3.8) is 0 Å². The molecule has 1 fully saturated rings. The van der Waals surface area contributed by atoms with E-state index < -0.39 is 0 Å². The van der Waals surface area contributed by atoms with Crippen molar-refractivity contribution in [2.75, 3.05) is 52.6 Å². The van der Waals surface area contributed by atoms with E-state index in [0.717, 1.165) is 64.3 Å². The summed E-state index contributed by atoms with van der Waals surface area (Å²) in [6.07, 6.45) is 1.51. The number of ether oxygens (including phenoxy) is 1. The number of benzene rings is 1. The van der Waals surface area contributed by atoms with Crippen molar-refractivity contribution in [2.45, 2.75) is 16.6 Å². The molecule has 2 N–H and O–H groups in total. The SMILES string of the molecule is COc1ccc(I)c(Sc2nc3c(N)ncnc3n2CCN2CCN(C)CC2)c1. The number of hydrogen-bond donors (Lipinski definition) is 1. The summed E-state index contributed by atoms with van der Waals surface area (Å²) in [6, 6.07) is 6.05. The lowest BCUT2D eigenvalue weighted by molar-refractivity contribution is 0.149. The number of piperazine rings is 1. The molecule has 4 rings (SSSR count). The van der Waals surface area contributed by atoms with E-state index in [1.807, 2.05) is 18.2 Å². The fourth-order valence-corrected chi connectivity index (χ4v) is 4.94. The Kier molecular flexibility index (Phi) is 6.42. The van der Waals surface area contributed by atoms with Gasteiger partial charge in [0.1, 0.15) is 12.1 Å². The van der Waals surface area contributed by atoms with Crippen LogP contribution in [-0.2, 0) is 6.54 Å². The van der Waals surface area contributed by atoms with Crippen LogP contribution >= 0.6 is 34.4 Å². The largest absolute Gasteiger partial charge is 0.497 e. The Balaban J connectivity index is 1.64. The summed E-state index contributed by atoms with van der Waals surface area (Å²) in [4.78, 5) is 19.3. The first-order valence-electron chi connectivity index (χ1n) is 9.44. The number of likely N-dealkylation sites (N-methyl/N-ethyl adjacent to an activating group) is 1. The average Bonchev–Trinajstić information content (AvgIpc) is 3.08. The topological polar surface area (TPSA) is 85.3 Å². The van der Waals surface area contributed by atoms with Gasteiger partial charge in [-0.2, -0.15) is 0 Å². The summed E-state index contributed by atoms with van der Waals surface area (Å²) in [5, 5.41) is 0.868. The zero-order chi connectivity index (χ0) is 20.4. The summed E-state index contributed by atoms with van der Waals surface area (Å²) in [5.41, 5.74) is 7.53. The van der Waals surface area contributed by atoms with E-state index in [1.54, 1.807) is 18.9 Å². The van der Waals surface area contributed by atoms with Crippen molar-refractivity contribution >= 4 is 51.3 Å². The van der Waals surface area contributed by atoms with Crippen LogP contribution in [0.25, 0.3) is 11.2 Å². The molecule has 154 valence electrons. The van der Waals surface area contributed by atoms with E-state index in [-0.39, 0.29) is 0 Å². The Labute approximate surface area is 188 Å². The van der Waals surface area contributed by atoms with Crippen molar-refractivity contribution in [3.8, 4) is 5.75 Å². The smallest absolute Gasteiger partial charge is 0.175 e. The van der Waals surface area contributed by atoms with Crippen molar-refractivity contribution in [1.82, 2.24) is 29.3 Å². The van der Waals surface area contributed by atoms with Gasteiger partial charge < -0.3 is 19.9 Å². The Morgan fingerprint density at radius 1 is 1.17 bits per heavy atom. The number of hydrogen-bond acceptors (Lipinski definition) is 8. The van der Waals surface area contributed by atoms with Crippen LogP contribution < -0.4 is 10.5 Å². The van der Waals surface area contributed by atoms with Gasteiger partial charge in [0.2, 0.25) is 0 Å². The van der Waals surface area contributed by atoms with Crippen molar-refractivity contribution in [1.29, 1.82) is 0 Å². The number of fused-ring (bicyclic) bond motifs is 1. The number of aromatic nitrogens is 4. The minimum atomic E-state index is 0.413. The van der Waals surface area contributed by atoms with Crippen LogP contribution in [0.5, 0.6) is 5.75 Å². The molecule has 0 aliphatic carbocycles. The Bertz CT molecular complexity index is 1000. The molecule has 3 aromatic rings. The summed E-state index contributed by atoms with van der Waals surface area (Å²) in [6.45, 7) is 6.12. The van der Waals surface area contributed by atoms with Crippen LogP contribution in [0, 0.1) is 3.57 Å². The molecule has 0 bridgehead atoms. The number of nitrogen functional groups attached to an aromatic ring is 1. The number of nitrogens with zero attached hydrogens (tertiary/aromatic N) is 6. The first-order chi connectivity index (χ1) is 14.0. The van der Waals surface area contributed by atoms with Crippen LogP contribution in [0.15, 0.2) is 34.6 Å². The first-order valence-corrected chi connectivity index (χ1v) is 11.3. The van der Waals surface area contributed by atoms with E-state index in [4.69, 9.17) is 15.5 Å². The highest BCUT2D eigenvalue weighted by Gasteiger charge is 2.19. The number of methoxy groups -OCH3 is 1. The molecule has 0 amide bonds. The van der Waals surface area contributed by atoms with Crippen molar-refractivity contribution in [3.05, 3.63) is 28.1 Å². The van der Waals surface area contributed by atoms with Gasteiger partial charge in [-0.15, -0.1) is 0 Å². The van der Waals surface area contributed by atoms with E-state index in [2.05, 4.69) is 54.0 Å². The molecule has 0 spiro atoms. The zero-order valence-electron chi connectivity index (χ0n) is 16.5. The molecular formula is C19H24IN7OS. The Hall–Kier alpha value is -1.63. The van der Waals surface area contributed by atoms with Gasteiger partial charge in [-0.1, -0.05) is 11.8 Å². The third-order valence-electron chi connectivity index (χ3n) is 5.10. The van der Waals surface area contributed by atoms with Gasteiger partial charge in [0.25, 0.3) is 0 Å². The van der Waals surface area contributed by atoms with E-state index >= 15 is 0 Å².